The molecule has 0 unspecified atom stereocenters. The van der Waals surface area contributed by atoms with Crippen LogP contribution in [0.2, 0.25) is 5.02 Å². The van der Waals surface area contributed by atoms with Crippen molar-refractivity contribution in [3.8, 4) is 0 Å². The first-order chi connectivity index (χ1) is 8.93. The minimum absolute atomic E-state index is 0.730. The summed E-state index contributed by atoms with van der Waals surface area (Å²) in [5.74, 6) is 0. The lowest BCUT2D eigenvalue weighted by Crippen LogP contribution is -2.02. The van der Waals surface area contributed by atoms with Gasteiger partial charge in [0.2, 0.25) is 0 Å². The van der Waals surface area contributed by atoms with Crippen molar-refractivity contribution in [1.29, 1.82) is 0 Å². The SMILES string of the molecule is CN=CC(C=C(C)C)=C(C)Nc1cc(Cl)ccc1C. The summed E-state index contributed by atoms with van der Waals surface area (Å²) in [6, 6.07) is 5.83. The summed E-state index contributed by atoms with van der Waals surface area (Å²) in [7, 11) is 1.77. The van der Waals surface area contributed by atoms with Gasteiger partial charge in [-0.1, -0.05) is 29.3 Å². The lowest BCUT2D eigenvalue weighted by Gasteiger charge is -2.12. The maximum Gasteiger partial charge on any atom is 0.0426 e. The van der Waals surface area contributed by atoms with E-state index in [1.54, 1.807) is 7.05 Å². The Morgan fingerprint density at radius 1 is 1.26 bits per heavy atom. The topological polar surface area (TPSA) is 24.4 Å². The molecule has 1 aromatic carbocycles. The number of allylic oxidation sites excluding steroid dienone is 4. The Kier molecular flexibility index (Phi) is 5.84. The number of hydrogen-bond acceptors (Lipinski definition) is 2. The summed E-state index contributed by atoms with van der Waals surface area (Å²) < 4.78 is 0. The van der Waals surface area contributed by atoms with Gasteiger partial charge in [0, 0.05) is 35.2 Å². The van der Waals surface area contributed by atoms with Gasteiger partial charge in [0.25, 0.3) is 0 Å². The first-order valence-corrected chi connectivity index (χ1v) is 6.63. The van der Waals surface area contributed by atoms with E-state index in [-0.39, 0.29) is 0 Å². The zero-order chi connectivity index (χ0) is 14.4. The average Bonchev–Trinajstić information content (AvgIpc) is 2.32. The highest BCUT2D eigenvalue weighted by atomic mass is 35.5. The highest BCUT2D eigenvalue weighted by Gasteiger charge is 2.02. The molecule has 1 aromatic rings. The molecular weight excluding hydrogens is 256 g/mol. The number of hydrogen-bond donors (Lipinski definition) is 1. The third-order valence-electron chi connectivity index (χ3n) is 2.67. The summed E-state index contributed by atoms with van der Waals surface area (Å²) in [6.07, 6.45) is 3.96. The highest BCUT2D eigenvalue weighted by molar-refractivity contribution is 6.30. The molecule has 3 heteroatoms. The van der Waals surface area contributed by atoms with Crippen molar-refractivity contribution in [3.63, 3.8) is 0 Å². The van der Waals surface area contributed by atoms with Gasteiger partial charge in [-0.15, -0.1) is 0 Å². The zero-order valence-electron chi connectivity index (χ0n) is 12.2. The van der Waals surface area contributed by atoms with Gasteiger partial charge in [-0.05, 0) is 45.4 Å². The second-order valence-electron chi connectivity index (χ2n) is 4.77. The van der Waals surface area contributed by atoms with Crippen LogP contribution in [0.25, 0.3) is 0 Å². The summed E-state index contributed by atoms with van der Waals surface area (Å²) in [6.45, 7) is 8.24. The van der Waals surface area contributed by atoms with Gasteiger partial charge in [-0.25, -0.2) is 0 Å². The fraction of sp³-hybridized carbons (Fsp3) is 0.312. The third-order valence-corrected chi connectivity index (χ3v) is 2.90. The largest absolute Gasteiger partial charge is 0.358 e. The highest BCUT2D eigenvalue weighted by Crippen LogP contribution is 2.22. The molecule has 0 aliphatic carbocycles. The second kappa shape index (κ2) is 7.15. The summed E-state index contributed by atoms with van der Waals surface area (Å²) in [4.78, 5) is 4.10. The van der Waals surface area contributed by atoms with Gasteiger partial charge >= 0.3 is 0 Å². The van der Waals surface area contributed by atoms with Crippen molar-refractivity contribution in [1.82, 2.24) is 0 Å². The van der Waals surface area contributed by atoms with E-state index in [1.165, 1.54) is 5.57 Å². The molecular formula is C16H21ClN2. The molecule has 0 aliphatic heterocycles. The number of halogens is 1. The molecule has 0 aliphatic rings. The molecule has 0 bridgehead atoms. The number of benzene rings is 1. The maximum absolute atomic E-state index is 6.03. The fourth-order valence-electron chi connectivity index (χ4n) is 1.70. The predicted octanol–water partition coefficient (Wildman–Crippen LogP) is 5.00. The van der Waals surface area contributed by atoms with Crippen LogP contribution < -0.4 is 5.32 Å². The van der Waals surface area contributed by atoms with Crippen molar-refractivity contribution in [3.05, 3.63) is 51.7 Å². The Labute approximate surface area is 120 Å². The van der Waals surface area contributed by atoms with Crippen LogP contribution in [0, 0.1) is 6.92 Å². The molecule has 1 rings (SSSR count). The van der Waals surface area contributed by atoms with E-state index in [2.05, 4.69) is 37.2 Å². The third kappa shape index (κ3) is 4.92. The molecule has 1 N–H and O–H groups in total. The summed E-state index contributed by atoms with van der Waals surface area (Å²) in [5.41, 5.74) is 5.54. The van der Waals surface area contributed by atoms with Crippen molar-refractivity contribution in [2.45, 2.75) is 27.7 Å². The molecule has 0 amide bonds. The maximum atomic E-state index is 6.03. The number of aryl methyl sites for hydroxylation is 1. The lowest BCUT2D eigenvalue weighted by atomic mass is 10.1. The van der Waals surface area contributed by atoms with Crippen LogP contribution in [0.15, 0.2) is 46.1 Å². The second-order valence-corrected chi connectivity index (χ2v) is 5.21. The van der Waals surface area contributed by atoms with Crippen LogP contribution in [0.5, 0.6) is 0 Å². The van der Waals surface area contributed by atoms with Gasteiger partial charge in [-0.3, -0.25) is 4.99 Å². The van der Waals surface area contributed by atoms with Crippen LogP contribution in [-0.4, -0.2) is 13.3 Å². The van der Waals surface area contributed by atoms with Crippen LogP contribution >= 0.6 is 11.6 Å². The summed E-state index contributed by atoms with van der Waals surface area (Å²) in [5, 5.41) is 4.13. The quantitative estimate of drug-likeness (QED) is 0.607. The Bertz CT molecular complexity index is 536. The van der Waals surface area contributed by atoms with Crippen LogP contribution in [0.4, 0.5) is 5.69 Å². The normalized spacial score (nSPS) is 12.3. The van der Waals surface area contributed by atoms with Gasteiger partial charge in [0.05, 0.1) is 0 Å². The number of rotatable bonds is 4. The van der Waals surface area contributed by atoms with Crippen molar-refractivity contribution in [2.24, 2.45) is 4.99 Å². The average molecular weight is 277 g/mol. The van der Waals surface area contributed by atoms with Crippen LogP contribution in [-0.2, 0) is 0 Å². The van der Waals surface area contributed by atoms with E-state index in [4.69, 9.17) is 11.6 Å². The molecule has 19 heavy (non-hydrogen) atoms. The molecule has 2 nitrogen and oxygen atoms in total. The van der Waals surface area contributed by atoms with Crippen LogP contribution in [0.3, 0.4) is 0 Å². The van der Waals surface area contributed by atoms with E-state index in [1.807, 2.05) is 31.3 Å². The Hall–Kier alpha value is -1.54. The lowest BCUT2D eigenvalue weighted by molar-refractivity contribution is 1.30. The van der Waals surface area contributed by atoms with E-state index >= 15 is 0 Å². The van der Waals surface area contributed by atoms with E-state index < -0.39 is 0 Å². The minimum atomic E-state index is 0.730. The molecule has 0 aromatic heterocycles. The molecule has 0 fully saturated rings. The number of anilines is 1. The van der Waals surface area contributed by atoms with Crippen molar-refractivity contribution in [2.75, 3.05) is 12.4 Å². The predicted molar refractivity (Wildman–Crippen MR) is 86.4 cm³/mol. The fourth-order valence-corrected chi connectivity index (χ4v) is 1.87. The first kappa shape index (κ1) is 15.5. The Balaban J connectivity index is 3.13. The number of nitrogens with zero attached hydrogens (tertiary/aromatic N) is 1. The van der Waals surface area contributed by atoms with Gasteiger partial charge in [-0.2, -0.15) is 0 Å². The van der Waals surface area contributed by atoms with Gasteiger partial charge in [0.1, 0.15) is 0 Å². The summed E-state index contributed by atoms with van der Waals surface area (Å²) >= 11 is 6.03. The smallest absolute Gasteiger partial charge is 0.0426 e. The molecule has 0 atom stereocenters. The van der Waals surface area contributed by atoms with Crippen LogP contribution in [0.1, 0.15) is 26.3 Å². The number of aliphatic imine (C=N–C) groups is 1. The van der Waals surface area contributed by atoms with Crippen molar-refractivity contribution >= 4 is 23.5 Å². The molecule has 0 saturated carbocycles. The molecule has 0 heterocycles. The first-order valence-electron chi connectivity index (χ1n) is 6.25. The monoisotopic (exact) mass is 276 g/mol. The molecule has 0 spiro atoms. The standard InChI is InChI=1S/C16H21ClN2/c1-11(2)8-14(10-18-5)13(4)19-16-9-15(17)7-6-12(16)3/h6-10,19H,1-5H3. The number of nitrogens with one attached hydrogen (secondary N) is 1. The Morgan fingerprint density at radius 2 is 1.95 bits per heavy atom. The van der Waals surface area contributed by atoms with Gasteiger partial charge in [0.15, 0.2) is 0 Å². The molecule has 0 saturated heterocycles. The Morgan fingerprint density at radius 3 is 2.53 bits per heavy atom. The van der Waals surface area contributed by atoms with E-state index in [0.717, 1.165) is 27.5 Å². The molecule has 0 radical (unpaired) electrons. The van der Waals surface area contributed by atoms with E-state index in [0.29, 0.717) is 0 Å². The van der Waals surface area contributed by atoms with E-state index in [9.17, 15) is 0 Å². The zero-order valence-corrected chi connectivity index (χ0v) is 13.0. The minimum Gasteiger partial charge on any atom is -0.358 e. The molecule has 102 valence electrons. The van der Waals surface area contributed by atoms with Crippen molar-refractivity contribution < 1.29 is 0 Å². The van der Waals surface area contributed by atoms with Gasteiger partial charge < -0.3 is 5.32 Å².